The molecule has 0 saturated carbocycles. The zero-order valence-electron chi connectivity index (χ0n) is 8.52. The van der Waals surface area contributed by atoms with E-state index >= 15 is 0 Å². The van der Waals surface area contributed by atoms with Crippen LogP contribution in [0.25, 0.3) is 0 Å². The highest BCUT2D eigenvalue weighted by molar-refractivity contribution is 5.92. The summed E-state index contributed by atoms with van der Waals surface area (Å²) in [6.07, 6.45) is 4.70. The average molecular weight is 192 g/mol. The van der Waals surface area contributed by atoms with E-state index in [1.54, 1.807) is 0 Å². The van der Waals surface area contributed by atoms with Crippen LogP contribution in [0.15, 0.2) is 6.07 Å². The highest BCUT2D eigenvalue weighted by Crippen LogP contribution is 2.21. The number of H-pyrrole nitrogens is 1. The van der Waals surface area contributed by atoms with Crippen LogP contribution in [-0.4, -0.2) is 17.4 Å². The molecule has 0 radical (unpaired) electrons. The highest BCUT2D eigenvalue weighted by atomic mass is 16.1. The van der Waals surface area contributed by atoms with E-state index in [2.05, 4.69) is 10.3 Å². The molecule has 1 aromatic rings. The normalized spacial score (nSPS) is 14.9. The van der Waals surface area contributed by atoms with Crippen LogP contribution in [0, 0.1) is 0 Å². The molecule has 0 spiro atoms. The first-order valence-electron chi connectivity index (χ1n) is 5.30. The van der Waals surface area contributed by atoms with Crippen molar-refractivity contribution < 1.29 is 4.79 Å². The lowest BCUT2D eigenvalue weighted by molar-refractivity contribution is 0.0951. The van der Waals surface area contributed by atoms with Gasteiger partial charge in [-0.25, -0.2) is 0 Å². The summed E-state index contributed by atoms with van der Waals surface area (Å²) in [5.41, 5.74) is 3.31. The minimum atomic E-state index is 0.0156. The first-order chi connectivity index (χ1) is 6.81. The molecular formula is C11H16N2O. The van der Waals surface area contributed by atoms with Crippen LogP contribution in [0.3, 0.4) is 0 Å². The van der Waals surface area contributed by atoms with E-state index in [4.69, 9.17) is 0 Å². The van der Waals surface area contributed by atoms with E-state index in [0.717, 1.165) is 18.5 Å². The zero-order valence-corrected chi connectivity index (χ0v) is 8.52. The second-order valence-corrected chi connectivity index (χ2v) is 3.75. The molecule has 1 aromatic heterocycles. The second-order valence-electron chi connectivity index (χ2n) is 3.75. The molecule has 0 atom stereocenters. The standard InChI is InChI=1S/C11H16N2O/c1-2-12-11(14)10-7-8-5-3-4-6-9(8)13-10/h7,13H,2-6H2,1H3,(H,12,14). The topological polar surface area (TPSA) is 44.9 Å². The molecule has 0 unspecified atom stereocenters. The minimum absolute atomic E-state index is 0.0156. The molecule has 0 aliphatic heterocycles. The predicted octanol–water partition coefficient (Wildman–Crippen LogP) is 1.64. The fourth-order valence-corrected chi connectivity index (χ4v) is 1.98. The van der Waals surface area contributed by atoms with E-state index in [0.29, 0.717) is 6.54 Å². The van der Waals surface area contributed by atoms with Gasteiger partial charge in [0.25, 0.3) is 5.91 Å². The molecule has 14 heavy (non-hydrogen) atoms. The van der Waals surface area contributed by atoms with E-state index in [-0.39, 0.29) is 5.91 Å². The number of amides is 1. The van der Waals surface area contributed by atoms with Gasteiger partial charge in [0, 0.05) is 12.2 Å². The van der Waals surface area contributed by atoms with Gasteiger partial charge >= 0.3 is 0 Å². The van der Waals surface area contributed by atoms with Crippen LogP contribution < -0.4 is 5.32 Å². The lowest BCUT2D eigenvalue weighted by atomic mass is 9.98. The number of nitrogens with one attached hydrogen (secondary N) is 2. The van der Waals surface area contributed by atoms with Gasteiger partial charge in [-0.3, -0.25) is 4.79 Å². The number of rotatable bonds is 2. The Bertz CT molecular complexity index is 318. The van der Waals surface area contributed by atoms with Gasteiger partial charge in [-0.2, -0.15) is 0 Å². The van der Waals surface area contributed by atoms with Crippen molar-refractivity contribution in [3.05, 3.63) is 23.0 Å². The molecule has 76 valence electrons. The summed E-state index contributed by atoms with van der Waals surface area (Å²) in [6, 6.07) is 2.00. The minimum Gasteiger partial charge on any atom is -0.354 e. The number of fused-ring (bicyclic) bond motifs is 1. The molecule has 0 saturated heterocycles. The van der Waals surface area contributed by atoms with Gasteiger partial charge in [-0.05, 0) is 44.2 Å². The van der Waals surface area contributed by atoms with Crippen molar-refractivity contribution in [1.82, 2.24) is 10.3 Å². The smallest absolute Gasteiger partial charge is 0.267 e. The molecule has 1 heterocycles. The number of carbonyl (C=O) groups excluding carboxylic acids is 1. The first kappa shape index (κ1) is 9.31. The van der Waals surface area contributed by atoms with Gasteiger partial charge < -0.3 is 10.3 Å². The summed E-state index contributed by atoms with van der Waals surface area (Å²) in [6.45, 7) is 2.61. The summed E-state index contributed by atoms with van der Waals surface area (Å²) in [5.74, 6) is 0.0156. The molecule has 1 aliphatic rings. The van der Waals surface area contributed by atoms with Gasteiger partial charge in [0.2, 0.25) is 0 Å². The van der Waals surface area contributed by atoms with Crippen molar-refractivity contribution in [1.29, 1.82) is 0 Å². The molecule has 3 heteroatoms. The Labute approximate surface area is 83.9 Å². The monoisotopic (exact) mass is 192 g/mol. The molecule has 2 rings (SSSR count). The summed E-state index contributed by atoms with van der Waals surface area (Å²) in [7, 11) is 0. The Balaban J connectivity index is 2.19. The highest BCUT2D eigenvalue weighted by Gasteiger charge is 2.15. The maximum atomic E-state index is 11.5. The van der Waals surface area contributed by atoms with Gasteiger partial charge in [0.05, 0.1) is 0 Å². The summed E-state index contributed by atoms with van der Waals surface area (Å²) < 4.78 is 0. The molecule has 2 N–H and O–H groups in total. The van der Waals surface area contributed by atoms with E-state index in [1.807, 2.05) is 13.0 Å². The second kappa shape index (κ2) is 3.86. The molecular weight excluding hydrogens is 176 g/mol. The number of aromatic amines is 1. The van der Waals surface area contributed by atoms with Crippen molar-refractivity contribution in [2.45, 2.75) is 32.6 Å². The van der Waals surface area contributed by atoms with Crippen LogP contribution in [0.5, 0.6) is 0 Å². The van der Waals surface area contributed by atoms with Crippen molar-refractivity contribution in [3.8, 4) is 0 Å². The SMILES string of the molecule is CCNC(=O)c1cc2c([nH]1)CCCC2. The summed E-state index contributed by atoms with van der Waals surface area (Å²) in [4.78, 5) is 14.7. The van der Waals surface area contributed by atoms with Crippen LogP contribution in [0.1, 0.15) is 41.5 Å². The summed E-state index contributed by atoms with van der Waals surface area (Å²) in [5, 5.41) is 2.80. The largest absolute Gasteiger partial charge is 0.354 e. The Kier molecular flexibility index (Phi) is 2.57. The fraction of sp³-hybridized carbons (Fsp3) is 0.545. The van der Waals surface area contributed by atoms with Crippen LogP contribution in [-0.2, 0) is 12.8 Å². The van der Waals surface area contributed by atoms with Crippen LogP contribution in [0.2, 0.25) is 0 Å². The lowest BCUT2D eigenvalue weighted by Crippen LogP contribution is -2.22. The Hall–Kier alpha value is -1.25. The van der Waals surface area contributed by atoms with Crippen LogP contribution >= 0.6 is 0 Å². The Morgan fingerprint density at radius 2 is 2.29 bits per heavy atom. The van der Waals surface area contributed by atoms with Crippen molar-refractivity contribution >= 4 is 5.91 Å². The lowest BCUT2D eigenvalue weighted by Gasteiger charge is -2.08. The van der Waals surface area contributed by atoms with Crippen molar-refractivity contribution in [2.24, 2.45) is 0 Å². The van der Waals surface area contributed by atoms with Gasteiger partial charge in [0.1, 0.15) is 5.69 Å². The van der Waals surface area contributed by atoms with E-state index in [9.17, 15) is 4.79 Å². The third-order valence-electron chi connectivity index (χ3n) is 2.70. The predicted molar refractivity (Wildman–Crippen MR) is 55.4 cm³/mol. The maximum Gasteiger partial charge on any atom is 0.267 e. The zero-order chi connectivity index (χ0) is 9.97. The number of hydrogen-bond donors (Lipinski definition) is 2. The van der Waals surface area contributed by atoms with Crippen molar-refractivity contribution in [2.75, 3.05) is 6.54 Å². The van der Waals surface area contributed by atoms with Crippen molar-refractivity contribution in [3.63, 3.8) is 0 Å². The van der Waals surface area contributed by atoms with E-state index < -0.39 is 0 Å². The fourth-order valence-electron chi connectivity index (χ4n) is 1.98. The number of aryl methyl sites for hydroxylation is 2. The van der Waals surface area contributed by atoms with E-state index in [1.165, 1.54) is 24.1 Å². The third kappa shape index (κ3) is 1.67. The Morgan fingerprint density at radius 1 is 1.50 bits per heavy atom. The quantitative estimate of drug-likeness (QED) is 0.735. The molecule has 3 nitrogen and oxygen atoms in total. The van der Waals surface area contributed by atoms with Crippen LogP contribution in [0.4, 0.5) is 0 Å². The van der Waals surface area contributed by atoms with Gasteiger partial charge in [-0.1, -0.05) is 0 Å². The molecule has 1 amide bonds. The Morgan fingerprint density at radius 3 is 3.00 bits per heavy atom. The van der Waals surface area contributed by atoms with Gasteiger partial charge in [0.15, 0.2) is 0 Å². The average Bonchev–Trinajstić information content (AvgIpc) is 2.61. The first-order valence-corrected chi connectivity index (χ1v) is 5.30. The maximum absolute atomic E-state index is 11.5. The van der Waals surface area contributed by atoms with Gasteiger partial charge in [-0.15, -0.1) is 0 Å². The molecule has 0 fully saturated rings. The number of carbonyl (C=O) groups is 1. The third-order valence-corrected chi connectivity index (χ3v) is 2.70. The number of aromatic nitrogens is 1. The summed E-state index contributed by atoms with van der Waals surface area (Å²) >= 11 is 0. The molecule has 0 aromatic carbocycles. The molecule has 0 bridgehead atoms. The number of hydrogen-bond acceptors (Lipinski definition) is 1. The molecule has 1 aliphatic carbocycles.